The van der Waals surface area contributed by atoms with Gasteiger partial charge in [0.1, 0.15) is 0 Å². The highest BCUT2D eigenvalue weighted by atomic mass is 35.5. The highest BCUT2D eigenvalue weighted by Crippen LogP contribution is 2.29. The first-order chi connectivity index (χ1) is 11.4. The minimum atomic E-state index is -0.0368. The number of carbonyl (C=O) groups is 1. The van der Waals surface area contributed by atoms with Gasteiger partial charge in [-0.1, -0.05) is 32.4 Å². The lowest BCUT2D eigenvalue weighted by molar-refractivity contribution is 0.103. The summed E-state index contributed by atoms with van der Waals surface area (Å²) in [5.41, 5.74) is 8.30. The van der Waals surface area contributed by atoms with Crippen molar-refractivity contribution >= 4 is 33.7 Å². The molecule has 0 unspecified atom stereocenters. The third kappa shape index (κ3) is 5.07. The van der Waals surface area contributed by atoms with Gasteiger partial charge in [-0.3, -0.25) is 9.69 Å². The normalized spacial score (nSPS) is 10.7. The van der Waals surface area contributed by atoms with E-state index in [1.807, 2.05) is 19.2 Å². The van der Waals surface area contributed by atoms with Crippen LogP contribution in [0.1, 0.15) is 56.1 Å². The van der Waals surface area contributed by atoms with Gasteiger partial charge in [-0.2, -0.15) is 0 Å². The average Bonchev–Trinajstić information content (AvgIpc) is 2.94. The zero-order chi connectivity index (χ0) is 18.3. The number of anilines is 1. The first kappa shape index (κ1) is 20.7. The molecule has 132 valence electrons. The average molecular weight is 367 g/mol. The Bertz CT molecular complexity index is 650. The summed E-state index contributed by atoms with van der Waals surface area (Å²) in [5.74, 6) is -0.0368. The number of nitrogens with zero attached hydrogens (tertiary/aromatic N) is 1. The minimum absolute atomic E-state index is 0.0368. The van der Waals surface area contributed by atoms with Crippen molar-refractivity contribution in [1.29, 1.82) is 0 Å². The fourth-order valence-electron chi connectivity index (χ4n) is 2.41. The van der Waals surface area contributed by atoms with E-state index < -0.39 is 0 Å². The van der Waals surface area contributed by atoms with E-state index in [4.69, 9.17) is 17.3 Å². The van der Waals surface area contributed by atoms with Crippen molar-refractivity contribution in [3.63, 3.8) is 0 Å². The van der Waals surface area contributed by atoms with Crippen LogP contribution in [0.2, 0.25) is 5.02 Å². The molecule has 1 aromatic heterocycles. The lowest BCUT2D eigenvalue weighted by atomic mass is 10.0. The fourth-order valence-corrected chi connectivity index (χ4v) is 3.34. The minimum Gasteiger partial charge on any atom is -0.390 e. The van der Waals surface area contributed by atoms with Gasteiger partial charge in [0.25, 0.3) is 0 Å². The quantitative estimate of drug-likeness (QED) is 0.689. The second kappa shape index (κ2) is 9.82. The van der Waals surface area contributed by atoms with Gasteiger partial charge in [0.15, 0.2) is 5.78 Å². The number of hydrogen-bond acceptors (Lipinski definition) is 4. The van der Waals surface area contributed by atoms with Gasteiger partial charge in [0.2, 0.25) is 0 Å². The Labute approximate surface area is 154 Å². The number of hydrogen-bond donors (Lipinski definition) is 1. The molecular formula is C19H27ClN2OS. The number of carbonyl (C=O) groups excluding carboxylic acids is 1. The fraction of sp³-hybridized carbons (Fsp3) is 0.421. The summed E-state index contributed by atoms with van der Waals surface area (Å²) in [7, 11) is 0. The van der Waals surface area contributed by atoms with E-state index in [0.29, 0.717) is 27.2 Å². The first-order valence-corrected chi connectivity index (χ1v) is 9.60. The van der Waals surface area contributed by atoms with Crippen molar-refractivity contribution in [2.75, 3.05) is 12.3 Å². The highest BCUT2D eigenvalue weighted by Gasteiger charge is 2.21. The summed E-state index contributed by atoms with van der Waals surface area (Å²) in [6.07, 6.45) is 0. The van der Waals surface area contributed by atoms with E-state index in [2.05, 4.69) is 25.7 Å². The van der Waals surface area contributed by atoms with Crippen LogP contribution in [0.3, 0.4) is 0 Å². The molecule has 24 heavy (non-hydrogen) atoms. The molecule has 0 fully saturated rings. The number of thiophene rings is 1. The molecule has 2 rings (SSSR count). The largest absolute Gasteiger partial charge is 0.390 e. The van der Waals surface area contributed by atoms with Gasteiger partial charge >= 0.3 is 0 Å². The SMILES string of the molecule is CC.CCN(Cc1csc(N)c1C(=O)c1ccc(Cl)cc1)C(C)C. The van der Waals surface area contributed by atoms with Crippen molar-refractivity contribution in [3.05, 3.63) is 51.4 Å². The van der Waals surface area contributed by atoms with Crippen LogP contribution in [0.15, 0.2) is 29.6 Å². The van der Waals surface area contributed by atoms with Gasteiger partial charge in [0.05, 0.1) is 10.6 Å². The third-order valence-electron chi connectivity index (χ3n) is 3.74. The molecule has 0 saturated carbocycles. The van der Waals surface area contributed by atoms with Crippen LogP contribution in [-0.2, 0) is 6.54 Å². The zero-order valence-corrected chi connectivity index (χ0v) is 16.7. The summed E-state index contributed by atoms with van der Waals surface area (Å²) < 4.78 is 0. The Kier molecular flexibility index (Phi) is 8.46. The molecule has 2 aromatic rings. The molecule has 0 spiro atoms. The van der Waals surface area contributed by atoms with Crippen LogP contribution in [-0.4, -0.2) is 23.3 Å². The number of rotatable bonds is 6. The van der Waals surface area contributed by atoms with Crippen molar-refractivity contribution in [1.82, 2.24) is 4.90 Å². The molecule has 1 aromatic carbocycles. The van der Waals surface area contributed by atoms with Gasteiger partial charge in [-0.05, 0) is 55.6 Å². The van der Waals surface area contributed by atoms with Crippen LogP contribution >= 0.6 is 22.9 Å². The van der Waals surface area contributed by atoms with Gasteiger partial charge < -0.3 is 5.73 Å². The maximum Gasteiger partial charge on any atom is 0.196 e. The summed E-state index contributed by atoms with van der Waals surface area (Å²) >= 11 is 7.31. The molecular weight excluding hydrogens is 340 g/mol. The van der Waals surface area contributed by atoms with Crippen molar-refractivity contribution < 1.29 is 4.79 Å². The number of benzene rings is 1. The van der Waals surface area contributed by atoms with E-state index in [-0.39, 0.29) is 5.78 Å². The molecule has 5 heteroatoms. The molecule has 0 bridgehead atoms. The maximum absolute atomic E-state index is 12.8. The monoisotopic (exact) mass is 366 g/mol. The molecule has 0 radical (unpaired) electrons. The van der Waals surface area contributed by atoms with Crippen molar-refractivity contribution in [3.8, 4) is 0 Å². The molecule has 3 nitrogen and oxygen atoms in total. The Hall–Kier alpha value is -1.36. The number of halogens is 1. The molecule has 0 aliphatic carbocycles. The summed E-state index contributed by atoms with van der Waals surface area (Å²) in [5, 5.41) is 3.19. The standard InChI is InChI=1S/C17H21ClN2OS.C2H6/c1-4-20(11(2)3)9-13-10-22-17(19)15(13)16(21)12-5-7-14(18)8-6-12;1-2/h5-8,10-11H,4,9,19H2,1-3H3;1-2H3. The van der Waals surface area contributed by atoms with Crippen LogP contribution in [0.4, 0.5) is 5.00 Å². The molecule has 1 heterocycles. The Morgan fingerprint density at radius 2 is 1.83 bits per heavy atom. The predicted molar refractivity (Wildman–Crippen MR) is 106 cm³/mol. The van der Waals surface area contributed by atoms with Gasteiger partial charge in [-0.25, -0.2) is 0 Å². The second-order valence-corrected chi connectivity index (χ2v) is 6.84. The van der Waals surface area contributed by atoms with Gasteiger partial charge in [0, 0.05) is 23.2 Å². The van der Waals surface area contributed by atoms with E-state index in [9.17, 15) is 4.79 Å². The van der Waals surface area contributed by atoms with Crippen LogP contribution in [0.25, 0.3) is 0 Å². The van der Waals surface area contributed by atoms with Crippen molar-refractivity contribution in [2.45, 2.75) is 47.2 Å². The summed E-state index contributed by atoms with van der Waals surface area (Å²) in [4.78, 5) is 15.1. The molecule has 0 amide bonds. The van der Waals surface area contributed by atoms with E-state index in [0.717, 1.165) is 18.7 Å². The lowest BCUT2D eigenvalue weighted by Crippen LogP contribution is -2.30. The van der Waals surface area contributed by atoms with E-state index in [1.165, 1.54) is 11.3 Å². The number of ketones is 1. The molecule has 0 aliphatic heterocycles. The first-order valence-electron chi connectivity index (χ1n) is 8.34. The predicted octanol–water partition coefficient (Wildman–Crippen LogP) is 5.47. The van der Waals surface area contributed by atoms with E-state index >= 15 is 0 Å². The lowest BCUT2D eigenvalue weighted by Gasteiger charge is -2.24. The van der Waals surface area contributed by atoms with Crippen molar-refractivity contribution in [2.24, 2.45) is 0 Å². The Balaban J connectivity index is 0.00000139. The molecule has 0 atom stereocenters. The van der Waals surface area contributed by atoms with Gasteiger partial charge in [-0.15, -0.1) is 11.3 Å². The zero-order valence-electron chi connectivity index (χ0n) is 15.1. The van der Waals surface area contributed by atoms with E-state index in [1.54, 1.807) is 24.3 Å². The Morgan fingerprint density at radius 3 is 2.33 bits per heavy atom. The van der Waals surface area contributed by atoms with Crippen LogP contribution in [0, 0.1) is 0 Å². The molecule has 0 aliphatic rings. The van der Waals surface area contributed by atoms with Crippen LogP contribution in [0.5, 0.6) is 0 Å². The topological polar surface area (TPSA) is 46.3 Å². The number of nitrogen functional groups attached to an aromatic ring is 1. The highest BCUT2D eigenvalue weighted by molar-refractivity contribution is 7.14. The molecule has 2 N–H and O–H groups in total. The summed E-state index contributed by atoms with van der Waals surface area (Å²) in [6.45, 7) is 12.1. The molecule has 0 saturated heterocycles. The smallest absolute Gasteiger partial charge is 0.196 e. The third-order valence-corrected chi connectivity index (χ3v) is 4.85. The van der Waals surface area contributed by atoms with Crippen LogP contribution < -0.4 is 5.73 Å². The Morgan fingerprint density at radius 1 is 1.25 bits per heavy atom. The second-order valence-electron chi connectivity index (χ2n) is 5.49. The number of nitrogens with two attached hydrogens (primary N) is 1. The maximum atomic E-state index is 12.8. The summed E-state index contributed by atoms with van der Waals surface area (Å²) in [6, 6.07) is 7.36.